The molecule has 1 aromatic rings. The van der Waals surface area contributed by atoms with E-state index in [-0.39, 0.29) is 0 Å². The molecule has 2 rings (SSSR count). The van der Waals surface area contributed by atoms with Crippen molar-refractivity contribution in [3.05, 3.63) is 18.2 Å². The minimum Gasteiger partial charge on any atom is -0.375 e. The van der Waals surface area contributed by atoms with Gasteiger partial charge < -0.3 is 14.6 Å². The van der Waals surface area contributed by atoms with Crippen LogP contribution in [0.4, 0.5) is 0 Å². The number of nitrogens with one attached hydrogen (secondary N) is 1. The van der Waals surface area contributed by atoms with Crippen LogP contribution in [0.3, 0.4) is 0 Å². The van der Waals surface area contributed by atoms with E-state index in [1.165, 1.54) is 0 Å². The molecule has 0 radical (unpaired) electrons. The number of rotatable bonds is 4. The van der Waals surface area contributed by atoms with Gasteiger partial charge in [0.1, 0.15) is 5.82 Å². The average Bonchev–Trinajstić information content (AvgIpc) is 2.78. The summed E-state index contributed by atoms with van der Waals surface area (Å²) in [6, 6.07) is 0. The first kappa shape index (κ1) is 9.68. The first-order chi connectivity index (χ1) is 6.86. The lowest BCUT2D eigenvalue weighted by atomic mass is 10.3. The molecule has 1 unspecified atom stereocenters. The predicted octanol–water partition coefficient (Wildman–Crippen LogP) is 0.570. The maximum Gasteiger partial charge on any atom is 0.105 e. The Kier molecular flexibility index (Phi) is 3.16. The predicted molar refractivity (Wildman–Crippen MR) is 54.2 cm³/mol. The topological polar surface area (TPSA) is 39.1 Å². The van der Waals surface area contributed by atoms with Gasteiger partial charge in [0.2, 0.25) is 0 Å². The van der Waals surface area contributed by atoms with Crippen LogP contribution in [-0.2, 0) is 11.3 Å². The number of hydrogen-bond donors (Lipinski definition) is 1. The van der Waals surface area contributed by atoms with Gasteiger partial charge >= 0.3 is 0 Å². The monoisotopic (exact) mass is 195 g/mol. The molecule has 0 amide bonds. The van der Waals surface area contributed by atoms with Gasteiger partial charge in [-0.2, -0.15) is 0 Å². The largest absolute Gasteiger partial charge is 0.375 e. The second kappa shape index (κ2) is 4.57. The normalized spacial score (nSPS) is 21.6. The van der Waals surface area contributed by atoms with E-state index in [0.29, 0.717) is 6.10 Å². The maximum absolute atomic E-state index is 5.72. The van der Waals surface area contributed by atoms with Crippen molar-refractivity contribution in [3.63, 3.8) is 0 Å². The molecule has 0 aromatic carbocycles. The Balaban J connectivity index is 1.70. The Morgan fingerprint density at radius 2 is 2.64 bits per heavy atom. The highest BCUT2D eigenvalue weighted by atomic mass is 16.5. The van der Waals surface area contributed by atoms with E-state index in [4.69, 9.17) is 4.74 Å². The van der Waals surface area contributed by atoms with Crippen LogP contribution >= 0.6 is 0 Å². The molecule has 4 nitrogen and oxygen atoms in total. The van der Waals surface area contributed by atoms with Crippen LogP contribution in [0.2, 0.25) is 0 Å². The molecule has 14 heavy (non-hydrogen) atoms. The minimum atomic E-state index is 0.416. The Hall–Kier alpha value is -0.870. The lowest BCUT2D eigenvalue weighted by molar-refractivity contribution is 0.0611. The Morgan fingerprint density at radius 1 is 1.71 bits per heavy atom. The SMILES string of the molecule is Cc1nccn1CCOC1CCNC1. The number of imidazole rings is 1. The average molecular weight is 195 g/mol. The van der Waals surface area contributed by atoms with E-state index in [2.05, 4.69) is 14.9 Å². The van der Waals surface area contributed by atoms with E-state index in [1.807, 2.05) is 19.3 Å². The molecule has 1 N–H and O–H groups in total. The van der Waals surface area contributed by atoms with Gasteiger partial charge in [0.25, 0.3) is 0 Å². The quantitative estimate of drug-likeness (QED) is 0.763. The van der Waals surface area contributed by atoms with Crippen LogP contribution < -0.4 is 5.32 Å². The number of hydrogen-bond acceptors (Lipinski definition) is 3. The van der Waals surface area contributed by atoms with E-state index in [9.17, 15) is 0 Å². The van der Waals surface area contributed by atoms with Crippen molar-refractivity contribution in [3.8, 4) is 0 Å². The highest BCUT2D eigenvalue weighted by Crippen LogP contribution is 2.03. The molecule has 1 atom stereocenters. The summed E-state index contributed by atoms with van der Waals surface area (Å²) < 4.78 is 7.83. The zero-order valence-electron chi connectivity index (χ0n) is 8.57. The molecule has 4 heteroatoms. The van der Waals surface area contributed by atoms with Gasteiger partial charge in [0.05, 0.1) is 12.7 Å². The molecule has 1 aromatic heterocycles. The van der Waals surface area contributed by atoms with Crippen molar-refractivity contribution in [2.75, 3.05) is 19.7 Å². The lowest BCUT2D eigenvalue weighted by Crippen LogP contribution is -2.19. The van der Waals surface area contributed by atoms with Crippen molar-refractivity contribution >= 4 is 0 Å². The van der Waals surface area contributed by atoms with Crippen molar-refractivity contribution in [1.29, 1.82) is 0 Å². The van der Waals surface area contributed by atoms with Gasteiger partial charge in [-0.25, -0.2) is 4.98 Å². The fraction of sp³-hybridized carbons (Fsp3) is 0.700. The number of nitrogens with zero attached hydrogens (tertiary/aromatic N) is 2. The molecule has 0 aliphatic carbocycles. The van der Waals surface area contributed by atoms with E-state index >= 15 is 0 Å². The van der Waals surface area contributed by atoms with Crippen LogP contribution in [0.5, 0.6) is 0 Å². The molecule has 1 aliphatic rings. The lowest BCUT2D eigenvalue weighted by Gasteiger charge is -2.11. The molecular formula is C10H17N3O. The summed E-state index contributed by atoms with van der Waals surface area (Å²) in [5.41, 5.74) is 0. The Labute approximate surface area is 84.3 Å². The summed E-state index contributed by atoms with van der Waals surface area (Å²) >= 11 is 0. The fourth-order valence-corrected chi connectivity index (χ4v) is 1.73. The van der Waals surface area contributed by atoms with Gasteiger partial charge in [-0.3, -0.25) is 0 Å². The van der Waals surface area contributed by atoms with Crippen LogP contribution in [0.25, 0.3) is 0 Å². The van der Waals surface area contributed by atoms with Crippen molar-refractivity contribution < 1.29 is 4.74 Å². The standard InChI is InChI=1S/C10H17N3O/c1-9-12-4-5-13(9)6-7-14-10-2-3-11-8-10/h4-5,10-11H,2-3,6-8H2,1H3. The zero-order chi connectivity index (χ0) is 9.80. The van der Waals surface area contributed by atoms with Crippen LogP contribution in [0.1, 0.15) is 12.2 Å². The van der Waals surface area contributed by atoms with Gasteiger partial charge in [-0.1, -0.05) is 0 Å². The number of aromatic nitrogens is 2. The minimum absolute atomic E-state index is 0.416. The van der Waals surface area contributed by atoms with Crippen molar-refractivity contribution in [1.82, 2.24) is 14.9 Å². The maximum atomic E-state index is 5.72. The summed E-state index contributed by atoms with van der Waals surface area (Å²) in [6.45, 7) is 5.79. The summed E-state index contributed by atoms with van der Waals surface area (Å²) in [6.07, 6.45) is 5.37. The van der Waals surface area contributed by atoms with Gasteiger partial charge in [0.15, 0.2) is 0 Å². The van der Waals surface area contributed by atoms with E-state index in [0.717, 1.165) is 38.5 Å². The van der Waals surface area contributed by atoms with E-state index in [1.54, 1.807) is 0 Å². The molecule has 1 saturated heterocycles. The Morgan fingerprint density at radius 3 is 3.29 bits per heavy atom. The smallest absolute Gasteiger partial charge is 0.105 e. The molecule has 0 spiro atoms. The molecule has 0 saturated carbocycles. The molecular weight excluding hydrogens is 178 g/mol. The van der Waals surface area contributed by atoms with Crippen LogP contribution in [-0.4, -0.2) is 35.4 Å². The zero-order valence-corrected chi connectivity index (χ0v) is 8.57. The van der Waals surface area contributed by atoms with Crippen LogP contribution in [0.15, 0.2) is 12.4 Å². The van der Waals surface area contributed by atoms with Crippen LogP contribution in [0, 0.1) is 6.92 Å². The first-order valence-corrected chi connectivity index (χ1v) is 5.16. The molecule has 2 heterocycles. The third-order valence-electron chi connectivity index (χ3n) is 2.62. The summed E-state index contributed by atoms with van der Waals surface area (Å²) in [5.74, 6) is 1.05. The fourth-order valence-electron chi connectivity index (χ4n) is 1.73. The number of ether oxygens (including phenoxy) is 1. The van der Waals surface area contributed by atoms with E-state index < -0.39 is 0 Å². The van der Waals surface area contributed by atoms with Gasteiger partial charge in [0, 0.05) is 25.5 Å². The molecule has 0 bridgehead atoms. The molecule has 1 aliphatic heterocycles. The summed E-state index contributed by atoms with van der Waals surface area (Å²) in [4.78, 5) is 4.16. The summed E-state index contributed by atoms with van der Waals surface area (Å²) in [7, 11) is 0. The molecule has 1 fully saturated rings. The second-order valence-electron chi connectivity index (χ2n) is 3.65. The highest BCUT2D eigenvalue weighted by Gasteiger charge is 2.13. The van der Waals surface area contributed by atoms with Crippen molar-refractivity contribution in [2.45, 2.75) is 26.0 Å². The summed E-state index contributed by atoms with van der Waals surface area (Å²) in [5, 5.41) is 3.28. The second-order valence-corrected chi connectivity index (χ2v) is 3.65. The molecule has 78 valence electrons. The van der Waals surface area contributed by atoms with Crippen molar-refractivity contribution in [2.24, 2.45) is 0 Å². The third kappa shape index (κ3) is 2.33. The number of aryl methyl sites for hydroxylation is 1. The first-order valence-electron chi connectivity index (χ1n) is 5.16. The third-order valence-corrected chi connectivity index (χ3v) is 2.62. The van der Waals surface area contributed by atoms with Gasteiger partial charge in [-0.05, 0) is 19.9 Å². The highest BCUT2D eigenvalue weighted by molar-refractivity contribution is 4.88. The Bertz CT molecular complexity index is 279. The van der Waals surface area contributed by atoms with Gasteiger partial charge in [-0.15, -0.1) is 0 Å².